The number of hydrogen-bond donors (Lipinski definition) is 0. The van der Waals surface area contributed by atoms with Gasteiger partial charge in [-0.3, -0.25) is 0 Å². The first-order valence-corrected chi connectivity index (χ1v) is 1.15. The Morgan fingerprint density at radius 3 is 0.444 bits per heavy atom. The Morgan fingerprint density at radius 2 is 0.444 bits per heavy atom. The number of rotatable bonds is 0. The summed E-state index contributed by atoms with van der Waals surface area (Å²) in [5.74, 6) is 0. The normalized spacial score (nSPS) is 1.78. The summed E-state index contributed by atoms with van der Waals surface area (Å²) in [6.45, 7) is 8.00. The second kappa shape index (κ2) is 432. The van der Waals surface area contributed by atoms with Gasteiger partial charge in [0.15, 0.2) is 0 Å². The minimum absolute atomic E-state index is 0. The van der Waals surface area contributed by atoms with E-state index in [0.29, 0.717) is 0 Å². The molecule has 0 bridgehead atoms. The molecule has 0 heterocycles. The van der Waals surface area contributed by atoms with Crippen LogP contribution >= 0.6 is 0 Å². The van der Waals surface area contributed by atoms with Gasteiger partial charge in [-0.25, -0.2) is 0 Å². The van der Waals surface area contributed by atoms with Crippen molar-refractivity contribution < 1.29 is 36.2 Å². The first-order valence-electron chi connectivity index (χ1n) is 1.15. The Balaban J connectivity index is -0.00000000762. The quantitative estimate of drug-likeness (QED) is 0.455. The standard InChI is InChI=1S/4CH2O.Fe/c4*1-2;/h4*1H2;. The molecule has 0 saturated heterocycles. The van der Waals surface area contributed by atoms with Crippen molar-refractivity contribution in [1.29, 1.82) is 0 Å². The number of carbonyl (C=O) groups excluding carboxylic acids is 4. The van der Waals surface area contributed by atoms with E-state index in [4.69, 9.17) is 19.2 Å². The molecule has 0 aliphatic carbocycles. The number of hydrogen-bond acceptors (Lipinski definition) is 4. The zero-order valence-corrected chi connectivity index (χ0v) is 5.92. The zero-order chi connectivity index (χ0) is 8.00. The maximum atomic E-state index is 8.00. The van der Waals surface area contributed by atoms with Gasteiger partial charge in [0.2, 0.25) is 0 Å². The molecule has 0 radical (unpaired) electrons. The van der Waals surface area contributed by atoms with Gasteiger partial charge >= 0.3 is 0 Å². The van der Waals surface area contributed by atoms with Crippen molar-refractivity contribution >= 4 is 27.2 Å². The fraction of sp³-hybridized carbons (Fsp3) is 0. The van der Waals surface area contributed by atoms with Crippen molar-refractivity contribution in [2.24, 2.45) is 0 Å². The van der Waals surface area contributed by atoms with E-state index >= 15 is 0 Å². The van der Waals surface area contributed by atoms with Gasteiger partial charge in [0.05, 0.1) is 0 Å². The van der Waals surface area contributed by atoms with Crippen molar-refractivity contribution in [3.8, 4) is 0 Å². The van der Waals surface area contributed by atoms with E-state index in [-0.39, 0.29) is 17.1 Å². The van der Waals surface area contributed by atoms with E-state index in [9.17, 15) is 0 Å². The molecule has 0 aromatic heterocycles. The predicted octanol–water partition coefficient (Wildman–Crippen LogP) is -0.742. The summed E-state index contributed by atoms with van der Waals surface area (Å²) < 4.78 is 0. The largest absolute Gasteiger partial charge is 0.307 e. The topological polar surface area (TPSA) is 68.3 Å². The summed E-state index contributed by atoms with van der Waals surface area (Å²) in [5, 5.41) is 0. The molecule has 0 rings (SSSR count). The van der Waals surface area contributed by atoms with E-state index < -0.39 is 0 Å². The molecule has 0 aliphatic heterocycles. The van der Waals surface area contributed by atoms with Crippen LogP contribution in [0.1, 0.15) is 0 Å². The van der Waals surface area contributed by atoms with E-state index in [2.05, 4.69) is 0 Å². The van der Waals surface area contributed by atoms with Gasteiger partial charge in [-0.2, -0.15) is 0 Å². The smallest absolute Gasteiger partial charge is 0.106 e. The third-order valence-corrected chi connectivity index (χ3v) is 0. The molecule has 0 spiro atoms. The Kier molecular flexibility index (Phi) is 1990. The van der Waals surface area contributed by atoms with Gasteiger partial charge in [0, 0.05) is 17.1 Å². The molecule has 56 valence electrons. The molecule has 0 saturated carbocycles. The molecular weight excluding hydrogens is 168 g/mol. The van der Waals surface area contributed by atoms with Crippen LogP contribution < -0.4 is 0 Å². The fourth-order valence-corrected chi connectivity index (χ4v) is 0. The molecule has 0 N–H and O–H groups in total. The zero-order valence-electron chi connectivity index (χ0n) is 4.81. The van der Waals surface area contributed by atoms with Crippen LogP contribution in [-0.2, 0) is 36.2 Å². The van der Waals surface area contributed by atoms with Crippen molar-refractivity contribution in [3.05, 3.63) is 0 Å². The summed E-state index contributed by atoms with van der Waals surface area (Å²) in [6.07, 6.45) is 0. The monoisotopic (exact) mass is 176 g/mol. The van der Waals surface area contributed by atoms with Crippen LogP contribution in [0.4, 0.5) is 0 Å². The molecule has 9 heavy (non-hydrogen) atoms. The van der Waals surface area contributed by atoms with Crippen molar-refractivity contribution in [2.75, 3.05) is 0 Å². The Labute approximate surface area is 64.1 Å². The van der Waals surface area contributed by atoms with Gasteiger partial charge in [0.25, 0.3) is 0 Å². The molecule has 0 aromatic carbocycles. The van der Waals surface area contributed by atoms with E-state index in [1.54, 1.807) is 0 Å². The second-order valence-corrected chi connectivity index (χ2v) is 0. The minimum Gasteiger partial charge on any atom is -0.307 e. The van der Waals surface area contributed by atoms with Crippen LogP contribution in [0.25, 0.3) is 0 Å². The average Bonchev–Trinajstić information content (AvgIpc) is 2.03. The molecule has 0 amide bonds. The van der Waals surface area contributed by atoms with Gasteiger partial charge in [0.1, 0.15) is 27.2 Å². The van der Waals surface area contributed by atoms with Crippen LogP contribution in [0, 0.1) is 0 Å². The van der Waals surface area contributed by atoms with Gasteiger partial charge in [-0.15, -0.1) is 0 Å². The third-order valence-electron chi connectivity index (χ3n) is 0. The molecule has 5 heteroatoms. The SMILES string of the molecule is C=O.C=O.C=O.C=O.[Fe]. The molecule has 4 nitrogen and oxygen atoms in total. The molecule has 0 aromatic rings. The van der Waals surface area contributed by atoms with Gasteiger partial charge in [-0.05, 0) is 0 Å². The average molecular weight is 176 g/mol. The Bertz CT molecular complexity index is 20.5. The number of carbonyl (C=O) groups is 4. The van der Waals surface area contributed by atoms with Gasteiger partial charge < -0.3 is 19.2 Å². The summed E-state index contributed by atoms with van der Waals surface area (Å²) >= 11 is 0. The van der Waals surface area contributed by atoms with E-state index in [1.807, 2.05) is 27.2 Å². The Morgan fingerprint density at radius 1 is 0.444 bits per heavy atom. The first kappa shape index (κ1) is 41.5. The van der Waals surface area contributed by atoms with E-state index in [0.717, 1.165) is 0 Å². The van der Waals surface area contributed by atoms with E-state index in [1.165, 1.54) is 0 Å². The minimum atomic E-state index is 0. The van der Waals surface area contributed by atoms with Crippen LogP contribution in [0.3, 0.4) is 0 Å². The van der Waals surface area contributed by atoms with Crippen LogP contribution in [-0.4, -0.2) is 27.2 Å². The van der Waals surface area contributed by atoms with Crippen LogP contribution in [0.5, 0.6) is 0 Å². The first-order chi connectivity index (χ1) is 4.00. The Hall–Kier alpha value is -0.801. The summed E-state index contributed by atoms with van der Waals surface area (Å²) in [5.41, 5.74) is 0. The van der Waals surface area contributed by atoms with Gasteiger partial charge in [-0.1, -0.05) is 0 Å². The third kappa shape index (κ3) is 304. The summed E-state index contributed by atoms with van der Waals surface area (Å²) in [7, 11) is 0. The summed E-state index contributed by atoms with van der Waals surface area (Å²) in [6, 6.07) is 0. The second-order valence-electron chi connectivity index (χ2n) is 0. The maximum absolute atomic E-state index is 8.00. The molecular formula is C4H8FeO4. The predicted molar refractivity (Wildman–Crippen MR) is 28.5 cm³/mol. The van der Waals surface area contributed by atoms with Crippen molar-refractivity contribution in [1.82, 2.24) is 0 Å². The molecule has 0 unspecified atom stereocenters. The van der Waals surface area contributed by atoms with Crippen LogP contribution in [0.15, 0.2) is 0 Å². The maximum Gasteiger partial charge on any atom is 0.106 e. The molecule has 0 atom stereocenters. The summed E-state index contributed by atoms with van der Waals surface area (Å²) in [4.78, 5) is 32.0. The van der Waals surface area contributed by atoms with Crippen molar-refractivity contribution in [3.63, 3.8) is 0 Å². The van der Waals surface area contributed by atoms with Crippen molar-refractivity contribution in [2.45, 2.75) is 0 Å². The van der Waals surface area contributed by atoms with Crippen LogP contribution in [0.2, 0.25) is 0 Å². The fourth-order valence-electron chi connectivity index (χ4n) is 0. The molecule has 0 fully saturated rings. The molecule has 0 aliphatic rings.